The van der Waals surface area contributed by atoms with Crippen LogP contribution in [0.25, 0.3) is 5.76 Å². The van der Waals surface area contributed by atoms with Crippen LogP contribution in [0.1, 0.15) is 29.9 Å². The van der Waals surface area contributed by atoms with Gasteiger partial charge in [-0.2, -0.15) is 0 Å². The molecule has 1 atom stereocenters. The number of aliphatic hydroxyl groups is 1. The van der Waals surface area contributed by atoms with Crippen molar-refractivity contribution in [2.45, 2.75) is 19.5 Å². The third kappa shape index (κ3) is 4.15. The maximum absolute atomic E-state index is 13.1. The van der Waals surface area contributed by atoms with Crippen molar-refractivity contribution in [2.24, 2.45) is 0 Å². The predicted octanol–water partition coefficient (Wildman–Crippen LogP) is 4.01. The van der Waals surface area contributed by atoms with Gasteiger partial charge in [0.25, 0.3) is 11.7 Å². The Labute approximate surface area is 190 Å². The highest BCUT2D eigenvalue weighted by atomic mass is 16.5. The number of phenolic OH excluding ortho intramolecular Hbond substituents is 1. The van der Waals surface area contributed by atoms with Gasteiger partial charge in [-0.3, -0.25) is 9.59 Å². The Morgan fingerprint density at radius 1 is 1.12 bits per heavy atom. The molecular weight excluding hydrogens is 426 g/mol. The highest BCUT2D eigenvalue weighted by Crippen LogP contribution is 2.42. The second-order valence-electron chi connectivity index (χ2n) is 7.40. The number of ether oxygens (including phenoxy) is 2. The van der Waals surface area contributed by atoms with Gasteiger partial charge in [0.05, 0.1) is 38.1 Å². The Bertz CT molecular complexity index is 1200. The molecule has 1 aromatic heterocycles. The van der Waals surface area contributed by atoms with Gasteiger partial charge in [-0.1, -0.05) is 6.07 Å². The molecule has 8 heteroatoms. The fourth-order valence-electron chi connectivity index (χ4n) is 3.84. The average Bonchev–Trinajstić information content (AvgIpc) is 3.43. The second kappa shape index (κ2) is 9.12. The van der Waals surface area contributed by atoms with Gasteiger partial charge in [0.1, 0.15) is 17.3 Å². The first kappa shape index (κ1) is 22.0. The monoisotopic (exact) mass is 449 g/mol. The van der Waals surface area contributed by atoms with E-state index in [-0.39, 0.29) is 29.4 Å². The zero-order chi connectivity index (χ0) is 23.5. The molecule has 8 nitrogen and oxygen atoms in total. The Morgan fingerprint density at radius 3 is 2.52 bits per heavy atom. The number of likely N-dealkylation sites (tertiary alicyclic amines) is 1. The van der Waals surface area contributed by atoms with Crippen LogP contribution in [-0.4, -0.2) is 40.5 Å². The molecule has 1 amide bonds. The van der Waals surface area contributed by atoms with E-state index in [0.717, 1.165) is 0 Å². The summed E-state index contributed by atoms with van der Waals surface area (Å²) < 4.78 is 16.0. The van der Waals surface area contributed by atoms with Crippen molar-refractivity contribution < 1.29 is 33.7 Å². The number of aliphatic hydroxyl groups excluding tert-OH is 1. The van der Waals surface area contributed by atoms with E-state index in [9.17, 15) is 19.8 Å². The fourth-order valence-corrected chi connectivity index (χ4v) is 3.84. The minimum Gasteiger partial charge on any atom is -0.507 e. The molecule has 0 radical (unpaired) electrons. The van der Waals surface area contributed by atoms with Gasteiger partial charge in [0, 0.05) is 5.56 Å². The largest absolute Gasteiger partial charge is 0.507 e. The number of hydrogen-bond donors (Lipinski definition) is 2. The molecule has 0 aliphatic carbocycles. The van der Waals surface area contributed by atoms with Crippen molar-refractivity contribution in [1.82, 2.24) is 4.90 Å². The molecular formula is C25H23NO7. The number of rotatable bonds is 7. The summed E-state index contributed by atoms with van der Waals surface area (Å²) in [5.41, 5.74) is 0.794. The van der Waals surface area contributed by atoms with Crippen molar-refractivity contribution in [3.8, 4) is 17.2 Å². The standard InChI is InChI=1S/C25H23NO7/c1-3-32-20-13-16(8-11-19(20)27)22-21(23(28)15-6-9-17(31-2)10-7-15)24(29)25(30)26(22)14-18-5-4-12-33-18/h4-13,22,27-28H,3,14H2,1-2H3/t22-/m0/s1. The molecule has 4 rings (SSSR count). The lowest BCUT2D eigenvalue weighted by atomic mass is 9.95. The molecule has 2 aromatic carbocycles. The van der Waals surface area contributed by atoms with Crippen LogP contribution >= 0.6 is 0 Å². The van der Waals surface area contributed by atoms with Gasteiger partial charge in [-0.05, 0) is 61.0 Å². The number of nitrogens with zero attached hydrogens (tertiary/aromatic N) is 1. The van der Waals surface area contributed by atoms with Gasteiger partial charge in [-0.15, -0.1) is 0 Å². The number of ketones is 1. The molecule has 2 heterocycles. The normalized spacial score (nSPS) is 17.4. The van der Waals surface area contributed by atoms with Crippen molar-refractivity contribution in [1.29, 1.82) is 0 Å². The first-order valence-corrected chi connectivity index (χ1v) is 10.4. The van der Waals surface area contributed by atoms with Gasteiger partial charge in [0.2, 0.25) is 0 Å². The Kier molecular flexibility index (Phi) is 6.08. The summed E-state index contributed by atoms with van der Waals surface area (Å²) in [6.07, 6.45) is 1.48. The van der Waals surface area contributed by atoms with Gasteiger partial charge < -0.3 is 29.0 Å². The predicted molar refractivity (Wildman–Crippen MR) is 119 cm³/mol. The quantitative estimate of drug-likeness (QED) is 0.319. The summed E-state index contributed by atoms with van der Waals surface area (Å²) in [5, 5.41) is 21.2. The van der Waals surface area contributed by atoms with Crippen LogP contribution in [0, 0.1) is 0 Å². The highest BCUT2D eigenvalue weighted by Gasteiger charge is 2.46. The van der Waals surface area contributed by atoms with E-state index < -0.39 is 17.7 Å². The van der Waals surface area contributed by atoms with Crippen molar-refractivity contribution in [3.05, 3.63) is 83.3 Å². The molecule has 1 fully saturated rings. The van der Waals surface area contributed by atoms with Crippen LogP contribution < -0.4 is 9.47 Å². The molecule has 0 spiro atoms. The summed E-state index contributed by atoms with van der Waals surface area (Å²) >= 11 is 0. The number of Topliss-reactive ketones (excluding diaryl/α,β-unsaturated/α-hetero) is 1. The fraction of sp³-hybridized carbons (Fsp3) is 0.200. The minimum absolute atomic E-state index is 0.0203. The van der Waals surface area contributed by atoms with E-state index >= 15 is 0 Å². The first-order valence-electron chi connectivity index (χ1n) is 10.4. The number of benzene rings is 2. The lowest BCUT2D eigenvalue weighted by molar-refractivity contribution is -0.140. The number of hydrogen-bond acceptors (Lipinski definition) is 7. The van der Waals surface area contributed by atoms with Crippen LogP contribution in [0.3, 0.4) is 0 Å². The lowest BCUT2D eigenvalue weighted by Gasteiger charge is -2.25. The summed E-state index contributed by atoms with van der Waals surface area (Å²) in [6.45, 7) is 2.11. The minimum atomic E-state index is -0.919. The van der Waals surface area contributed by atoms with E-state index in [1.807, 2.05) is 0 Å². The Morgan fingerprint density at radius 2 is 1.88 bits per heavy atom. The number of carbonyl (C=O) groups excluding carboxylic acids is 2. The van der Waals surface area contributed by atoms with Crippen LogP contribution in [0.15, 0.2) is 70.9 Å². The molecule has 0 saturated carbocycles. The maximum Gasteiger partial charge on any atom is 0.296 e. The SMILES string of the molecule is CCOc1cc([C@H]2C(=C(O)c3ccc(OC)cc3)C(=O)C(=O)N2Cc2ccco2)ccc1O. The third-order valence-electron chi connectivity index (χ3n) is 5.41. The molecule has 2 N–H and O–H groups in total. The molecule has 170 valence electrons. The van der Waals surface area contributed by atoms with Gasteiger partial charge in [-0.25, -0.2) is 0 Å². The molecule has 3 aromatic rings. The number of methoxy groups -OCH3 is 1. The van der Waals surface area contributed by atoms with E-state index in [1.54, 1.807) is 55.5 Å². The van der Waals surface area contributed by atoms with Crippen LogP contribution in [0.5, 0.6) is 17.2 Å². The molecule has 1 saturated heterocycles. The highest BCUT2D eigenvalue weighted by molar-refractivity contribution is 6.46. The molecule has 0 unspecified atom stereocenters. The molecule has 33 heavy (non-hydrogen) atoms. The number of furan rings is 1. The van der Waals surface area contributed by atoms with Crippen molar-refractivity contribution >= 4 is 17.4 Å². The number of amides is 1. The average molecular weight is 449 g/mol. The van der Waals surface area contributed by atoms with Crippen molar-refractivity contribution in [2.75, 3.05) is 13.7 Å². The van der Waals surface area contributed by atoms with Crippen LogP contribution in [-0.2, 0) is 16.1 Å². The van der Waals surface area contributed by atoms with E-state index in [1.165, 1.54) is 24.3 Å². The number of phenols is 1. The smallest absolute Gasteiger partial charge is 0.296 e. The zero-order valence-electron chi connectivity index (χ0n) is 18.1. The zero-order valence-corrected chi connectivity index (χ0v) is 18.1. The summed E-state index contributed by atoms with van der Waals surface area (Å²) in [4.78, 5) is 27.5. The Balaban J connectivity index is 1.87. The summed E-state index contributed by atoms with van der Waals surface area (Å²) in [5.74, 6) is -0.685. The molecule has 1 aliphatic heterocycles. The third-order valence-corrected chi connectivity index (χ3v) is 5.41. The summed E-state index contributed by atoms with van der Waals surface area (Å²) in [7, 11) is 1.52. The first-order chi connectivity index (χ1) is 15.9. The Hall–Kier alpha value is -4.20. The van der Waals surface area contributed by atoms with Crippen LogP contribution in [0.2, 0.25) is 0 Å². The maximum atomic E-state index is 13.1. The van der Waals surface area contributed by atoms with Gasteiger partial charge in [0.15, 0.2) is 11.5 Å². The lowest BCUT2D eigenvalue weighted by Crippen LogP contribution is -2.29. The molecule has 1 aliphatic rings. The topological polar surface area (TPSA) is 109 Å². The van der Waals surface area contributed by atoms with E-state index in [4.69, 9.17) is 13.9 Å². The summed E-state index contributed by atoms with van der Waals surface area (Å²) in [6, 6.07) is 13.6. The number of aromatic hydroxyl groups is 1. The van der Waals surface area contributed by atoms with E-state index in [0.29, 0.717) is 29.2 Å². The second-order valence-corrected chi connectivity index (χ2v) is 7.40. The van der Waals surface area contributed by atoms with Crippen LogP contribution in [0.4, 0.5) is 0 Å². The molecule has 0 bridgehead atoms. The van der Waals surface area contributed by atoms with Crippen molar-refractivity contribution in [3.63, 3.8) is 0 Å². The number of carbonyl (C=O) groups is 2. The van der Waals surface area contributed by atoms with E-state index in [2.05, 4.69) is 0 Å². The van der Waals surface area contributed by atoms with Gasteiger partial charge >= 0.3 is 0 Å².